The van der Waals surface area contributed by atoms with E-state index in [2.05, 4.69) is 0 Å². The van der Waals surface area contributed by atoms with Crippen molar-refractivity contribution < 1.29 is 13.2 Å². The molecule has 0 saturated heterocycles. The number of ketones is 1. The lowest BCUT2D eigenvalue weighted by atomic mass is 10.1. The van der Waals surface area contributed by atoms with Crippen LogP contribution in [0.4, 0.5) is 0 Å². The third kappa shape index (κ3) is 4.30. The molecule has 0 spiro atoms. The van der Waals surface area contributed by atoms with Gasteiger partial charge in [0.15, 0.2) is 15.6 Å². The maximum Gasteiger partial charge on any atom is 0.179 e. The molecule has 0 heterocycles. The van der Waals surface area contributed by atoms with Gasteiger partial charge in [-0.3, -0.25) is 4.79 Å². The molecule has 0 aromatic heterocycles. The van der Waals surface area contributed by atoms with Gasteiger partial charge in [-0.15, -0.1) is 0 Å². The second kappa shape index (κ2) is 5.85. The van der Waals surface area contributed by atoms with Crippen molar-refractivity contribution >= 4 is 38.8 Å². The van der Waals surface area contributed by atoms with E-state index in [9.17, 15) is 13.2 Å². The van der Waals surface area contributed by atoms with Gasteiger partial charge in [0.25, 0.3) is 0 Å². The van der Waals surface area contributed by atoms with E-state index in [1.54, 1.807) is 13.0 Å². The van der Waals surface area contributed by atoms with Crippen LogP contribution in [-0.2, 0) is 9.84 Å². The summed E-state index contributed by atoms with van der Waals surface area (Å²) in [6.07, 6.45) is 0.485. The Morgan fingerprint density at radius 1 is 1.29 bits per heavy atom. The van der Waals surface area contributed by atoms with Crippen molar-refractivity contribution in [1.29, 1.82) is 0 Å². The summed E-state index contributed by atoms with van der Waals surface area (Å²) in [6, 6.07) is 4.40. The number of halogens is 2. The monoisotopic (exact) mass is 294 g/mol. The normalized spacial score (nSPS) is 11.5. The van der Waals surface area contributed by atoms with Crippen molar-refractivity contribution in [3.05, 3.63) is 33.8 Å². The number of Topliss-reactive ketones (excluding diaryl/α,β-unsaturated/α-hetero) is 1. The van der Waals surface area contributed by atoms with Crippen LogP contribution in [0.5, 0.6) is 0 Å². The van der Waals surface area contributed by atoms with Gasteiger partial charge in [-0.05, 0) is 24.6 Å². The highest BCUT2D eigenvalue weighted by Crippen LogP contribution is 2.21. The van der Waals surface area contributed by atoms with Crippen LogP contribution in [0.1, 0.15) is 23.7 Å². The molecule has 17 heavy (non-hydrogen) atoms. The first-order valence-corrected chi connectivity index (χ1v) is 7.62. The van der Waals surface area contributed by atoms with Gasteiger partial charge < -0.3 is 0 Å². The zero-order valence-corrected chi connectivity index (χ0v) is 11.6. The lowest BCUT2D eigenvalue weighted by molar-refractivity contribution is 0.102. The maximum atomic E-state index is 11.8. The van der Waals surface area contributed by atoms with Crippen molar-refractivity contribution in [2.24, 2.45) is 0 Å². The topological polar surface area (TPSA) is 51.2 Å². The van der Waals surface area contributed by atoms with Crippen molar-refractivity contribution in [3.8, 4) is 0 Å². The highest BCUT2D eigenvalue weighted by molar-refractivity contribution is 7.92. The molecule has 0 N–H and O–H groups in total. The van der Waals surface area contributed by atoms with Gasteiger partial charge in [-0.1, -0.05) is 30.1 Å². The van der Waals surface area contributed by atoms with Crippen molar-refractivity contribution in [2.75, 3.05) is 11.5 Å². The minimum absolute atomic E-state index is 0.00305. The molecule has 0 atom stereocenters. The molecule has 0 bridgehead atoms. The van der Waals surface area contributed by atoms with Gasteiger partial charge in [-0.2, -0.15) is 0 Å². The predicted molar refractivity (Wildman–Crippen MR) is 69.7 cm³/mol. The van der Waals surface area contributed by atoms with Gasteiger partial charge in [0, 0.05) is 10.6 Å². The lowest BCUT2D eigenvalue weighted by Gasteiger charge is -2.05. The second-order valence-corrected chi connectivity index (χ2v) is 6.67. The number of sulfone groups is 1. The first-order chi connectivity index (χ1) is 7.85. The molecule has 0 radical (unpaired) electrons. The summed E-state index contributed by atoms with van der Waals surface area (Å²) in [7, 11) is -3.36. The number of hydrogen-bond donors (Lipinski definition) is 0. The highest BCUT2D eigenvalue weighted by atomic mass is 35.5. The van der Waals surface area contributed by atoms with Crippen LogP contribution < -0.4 is 0 Å². The zero-order valence-electron chi connectivity index (χ0n) is 9.24. The fraction of sp³-hybridized carbons (Fsp3) is 0.364. The Hall–Kier alpha value is -0.580. The molecule has 3 nitrogen and oxygen atoms in total. The molecule has 0 amide bonds. The maximum absolute atomic E-state index is 11.8. The lowest BCUT2D eigenvalue weighted by Crippen LogP contribution is -2.19. The van der Waals surface area contributed by atoms with Crippen LogP contribution in [-0.4, -0.2) is 25.7 Å². The number of benzene rings is 1. The third-order valence-corrected chi connectivity index (χ3v) is 4.39. The van der Waals surface area contributed by atoms with Crippen LogP contribution in [0.3, 0.4) is 0 Å². The minimum atomic E-state index is -3.36. The molecule has 0 saturated carbocycles. The van der Waals surface area contributed by atoms with Gasteiger partial charge in [0.2, 0.25) is 0 Å². The predicted octanol–water partition coefficient (Wildman–Crippen LogP) is 3.00. The molecule has 0 unspecified atom stereocenters. The SMILES string of the molecule is CCCS(=O)(=O)CC(=O)c1cc(Cl)ccc1Cl. The number of carbonyl (C=O) groups excluding carboxylic acids is 1. The van der Waals surface area contributed by atoms with Crippen LogP contribution >= 0.6 is 23.2 Å². The van der Waals surface area contributed by atoms with E-state index < -0.39 is 21.4 Å². The van der Waals surface area contributed by atoms with E-state index in [1.807, 2.05) is 0 Å². The summed E-state index contributed by atoms with van der Waals surface area (Å²) in [6.45, 7) is 1.74. The largest absolute Gasteiger partial charge is 0.293 e. The van der Waals surface area contributed by atoms with Crippen LogP contribution in [0, 0.1) is 0 Å². The van der Waals surface area contributed by atoms with E-state index >= 15 is 0 Å². The molecule has 0 aliphatic rings. The molecule has 6 heteroatoms. The smallest absolute Gasteiger partial charge is 0.179 e. The van der Waals surface area contributed by atoms with E-state index in [0.29, 0.717) is 11.4 Å². The molecular weight excluding hydrogens is 283 g/mol. The third-order valence-electron chi connectivity index (χ3n) is 2.09. The summed E-state index contributed by atoms with van der Waals surface area (Å²) in [5.41, 5.74) is 0.152. The average Bonchev–Trinajstić information content (AvgIpc) is 2.20. The summed E-state index contributed by atoms with van der Waals surface area (Å²) in [4.78, 5) is 11.8. The quantitative estimate of drug-likeness (QED) is 0.785. The summed E-state index contributed by atoms with van der Waals surface area (Å²) < 4.78 is 23.0. The van der Waals surface area contributed by atoms with Crippen LogP contribution in [0.2, 0.25) is 10.0 Å². The van der Waals surface area contributed by atoms with Gasteiger partial charge in [0.1, 0.15) is 5.75 Å². The van der Waals surface area contributed by atoms with E-state index in [4.69, 9.17) is 23.2 Å². The average molecular weight is 295 g/mol. The van der Waals surface area contributed by atoms with E-state index in [-0.39, 0.29) is 16.3 Å². The first-order valence-electron chi connectivity index (χ1n) is 5.04. The fourth-order valence-electron chi connectivity index (χ4n) is 1.37. The molecule has 1 aromatic carbocycles. The Morgan fingerprint density at radius 3 is 2.53 bits per heavy atom. The molecule has 0 aliphatic carbocycles. The van der Waals surface area contributed by atoms with Crippen LogP contribution in [0.15, 0.2) is 18.2 Å². The minimum Gasteiger partial charge on any atom is -0.293 e. The second-order valence-electron chi connectivity index (χ2n) is 3.64. The Kier molecular flexibility index (Phi) is 4.98. The Labute approximate surface area is 111 Å². The number of hydrogen-bond acceptors (Lipinski definition) is 3. The number of rotatable bonds is 5. The van der Waals surface area contributed by atoms with E-state index in [1.165, 1.54) is 12.1 Å². The molecule has 0 fully saturated rings. The first kappa shape index (κ1) is 14.5. The molecule has 0 aliphatic heterocycles. The summed E-state index contributed by atoms with van der Waals surface area (Å²) in [5, 5.41) is 0.566. The van der Waals surface area contributed by atoms with Crippen molar-refractivity contribution in [3.63, 3.8) is 0 Å². The summed E-state index contributed by atoms with van der Waals surface area (Å²) >= 11 is 11.6. The molecule has 94 valence electrons. The molecule has 1 aromatic rings. The molecular formula is C11H12Cl2O3S. The van der Waals surface area contributed by atoms with E-state index in [0.717, 1.165) is 0 Å². The van der Waals surface area contributed by atoms with Crippen LogP contribution in [0.25, 0.3) is 0 Å². The van der Waals surface area contributed by atoms with Crippen molar-refractivity contribution in [2.45, 2.75) is 13.3 Å². The summed E-state index contributed by atoms with van der Waals surface area (Å²) in [5.74, 6) is -1.05. The Morgan fingerprint density at radius 2 is 1.94 bits per heavy atom. The zero-order chi connectivity index (χ0) is 13.1. The number of carbonyl (C=O) groups is 1. The Balaban J connectivity index is 2.94. The van der Waals surface area contributed by atoms with Gasteiger partial charge >= 0.3 is 0 Å². The highest BCUT2D eigenvalue weighted by Gasteiger charge is 2.19. The fourth-order valence-corrected chi connectivity index (χ4v) is 3.09. The van der Waals surface area contributed by atoms with Gasteiger partial charge in [0.05, 0.1) is 10.8 Å². The van der Waals surface area contributed by atoms with Gasteiger partial charge in [-0.25, -0.2) is 8.42 Å². The standard InChI is InChI=1S/C11H12Cl2O3S/c1-2-5-17(15,16)7-11(14)9-6-8(12)3-4-10(9)13/h3-4,6H,2,5,7H2,1H3. The Bertz CT molecular complexity index is 524. The molecule has 1 rings (SSSR count). The van der Waals surface area contributed by atoms with Crippen molar-refractivity contribution in [1.82, 2.24) is 0 Å².